The second-order valence-corrected chi connectivity index (χ2v) is 4.29. The molecule has 0 aliphatic rings. The highest BCUT2D eigenvalue weighted by Crippen LogP contribution is 2.23. The van der Waals surface area contributed by atoms with Gasteiger partial charge in [-0.3, -0.25) is 0 Å². The van der Waals surface area contributed by atoms with Crippen molar-refractivity contribution in [2.75, 3.05) is 0 Å². The molecular weight excluding hydrogens is 290 g/mol. The summed E-state index contributed by atoms with van der Waals surface area (Å²) in [6.07, 6.45) is 0. The van der Waals surface area contributed by atoms with Crippen LogP contribution in [0.1, 0.15) is 5.56 Å². The fraction of sp³-hybridized carbons (Fsp3) is 0.0769. The number of para-hydroxylation sites is 1. The second kappa shape index (κ2) is 5.27. The van der Waals surface area contributed by atoms with Crippen molar-refractivity contribution in [2.45, 2.75) is 6.61 Å². The molecule has 4 heteroatoms. The van der Waals surface area contributed by atoms with E-state index in [1.165, 1.54) is 18.2 Å². The van der Waals surface area contributed by atoms with E-state index in [9.17, 15) is 8.78 Å². The topological polar surface area (TPSA) is 9.23 Å². The van der Waals surface area contributed by atoms with E-state index in [-0.39, 0.29) is 12.4 Å². The third kappa shape index (κ3) is 2.82. The lowest BCUT2D eigenvalue weighted by atomic mass is 10.2. The van der Waals surface area contributed by atoms with E-state index in [1.807, 2.05) is 24.3 Å². The van der Waals surface area contributed by atoms with E-state index < -0.39 is 11.6 Å². The van der Waals surface area contributed by atoms with Crippen molar-refractivity contribution in [3.8, 4) is 5.75 Å². The maximum atomic E-state index is 13.3. The summed E-state index contributed by atoms with van der Waals surface area (Å²) >= 11 is 3.34. The Bertz CT molecular complexity index is 508. The average Bonchev–Trinajstić information content (AvgIpc) is 2.30. The lowest BCUT2D eigenvalue weighted by Gasteiger charge is -2.09. The van der Waals surface area contributed by atoms with Gasteiger partial charge in [-0.1, -0.05) is 40.2 Å². The molecule has 0 spiro atoms. The van der Waals surface area contributed by atoms with Crippen LogP contribution in [0.2, 0.25) is 0 Å². The van der Waals surface area contributed by atoms with Crippen molar-refractivity contribution in [2.24, 2.45) is 0 Å². The minimum Gasteiger partial charge on any atom is -0.483 e. The highest BCUT2D eigenvalue weighted by atomic mass is 79.9. The summed E-state index contributed by atoms with van der Waals surface area (Å²) < 4.78 is 32.6. The average molecular weight is 299 g/mol. The predicted molar refractivity (Wildman–Crippen MR) is 64.8 cm³/mol. The lowest BCUT2D eigenvalue weighted by molar-refractivity contribution is 0.273. The Kier molecular flexibility index (Phi) is 3.74. The van der Waals surface area contributed by atoms with Gasteiger partial charge in [-0.05, 0) is 18.2 Å². The fourth-order valence-corrected chi connectivity index (χ4v) is 1.79. The van der Waals surface area contributed by atoms with Gasteiger partial charge in [-0.2, -0.15) is 0 Å². The molecule has 0 bridgehead atoms. The van der Waals surface area contributed by atoms with Crippen LogP contribution in [0.25, 0.3) is 0 Å². The summed E-state index contributed by atoms with van der Waals surface area (Å²) in [7, 11) is 0. The first kappa shape index (κ1) is 12.0. The van der Waals surface area contributed by atoms with Gasteiger partial charge in [-0.15, -0.1) is 0 Å². The normalized spacial score (nSPS) is 10.3. The highest BCUT2D eigenvalue weighted by molar-refractivity contribution is 9.10. The Morgan fingerprint density at radius 1 is 0.941 bits per heavy atom. The third-order valence-corrected chi connectivity index (χ3v) is 3.02. The van der Waals surface area contributed by atoms with Crippen LogP contribution in [0.15, 0.2) is 46.9 Å². The molecule has 0 heterocycles. The molecule has 0 saturated carbocycles. The van der Waals surface area contributed by atoms with Crippen molar-refractivity contribution >= 4 is 15.9 Å². The van der Waals surface area contributed by atoms with E-state index in [4.69, 9.17) is 4.74 Å². The van der Waals surface area contributed by atoms with Gasteiger partial charge in [0, 0.05) is 10.0 Å². The van der Waals surface area contributed by atoms with Crippen LogP contribution >= 0.6 is 15.9 Å². The summed E-state index contributed by atoms with van der Waals surface area (Å²) in [5.74, 6) is -1.74. The molecule has 0 saturated heterocycles. The molecule has 2 aromatic carbocycles. The molecule has 0 aliphatic carbocycles. The zero-order chi connectivity index (χ0) is 12.3. The quantitative estimate of drug-likeness (QED) is 0.820. The van der Waals surface area contributed by atoms with E-state index in [2.05, 4.69) is 15.9 Å². The van der Waals surface area contributed by atoms with Gasteiger partial charge >= 0.3 is 0 Å². The molecule has 0 aromatic heterocycles. The minimum absolute atomic E-state index is 0.110. The molecule has 0 unspecified atom stereocenters. The number of halogens is 3. The molecule has 88 valence electrons. The summed E-state index contributed by atoms with van der Waals surface area (Å²) in [4.78, 5) is 0. The van der Waals surface area contributed by atoms with Crippen molar-refractivity contribution in [1.82, 2.24) is 0 Å². The van der Waals surface area contributed by atoms with Gasteiger partial charge in [0.25, 0.3) is 0 Å². The van der Waals surface area contributed by atoms with Crippen LogP contribution < -0.4 is 4.74 Å². The van der Waals surface area contributed by atoms with Gasteiger partial charge in [0.1, 0.15) is 6.61 Å². The molecule has 17 heavy (non-hydrogen) atoms. The lowest BCUT2D eigenvalue weighted by Crippen LogP contribution is -2.00. The Hall–Kier alpha value is -1.42. The van der Waals surface area contributed by atoms with Gasteiger partial charge < -0.3 is 4.74 Å². The van der Waals surface area contributed by atoms with E-state index in [0.717, 1.165) is 10.0 Å². The van der Waals surface area contributed by atoms with E-state index in [1.54, 1.807) is 0 Å². The van der Waals surface area contributed by atoms with E-state index in [0.29, 0.717) is 0 Å². The maximum absolute atomic E-state index is 13.3. The van der Waals surface area contributed by atoms with Gasteiger partial charge in [0.15, 0.2) is 17.4 Å². The number of hydrogen-bond acceptors (Lipinski definition) is 1. The monoisotopic (exact) mass is 298 g/mol. The van der Waals surface area contributed by atoms with Crippen LogP contribution in [0.3, 0.4) is 0 Å². The van der Waals surface area contributed by atoms with Crippen LogP contribution in [0.4, 0.5) is 8.78 Å². The van der Waals surface area contributed by atoms with Crippen molar-refractivity contribution in [3.05, 3.63) is 64.1 Å². The minimum atomic E-state index is -0.697. The standard InChI is InChI=1S/C13H9BrF2O/c14-10-5-2-1-4-9(10)8-17-13-11(15)6-3-7-12(13)16/h1-7H,8H2. The van der Waals surface area contributed by atoms with E-state index >= 15 is 0 Å². The molecular formula is C13H9BrF2O. The van der Waals surface area contributed by atoms with Crippen molar-refractivity contribution in [1.29, 1.82) is 0 Å². The molecule has 2 rings (SSSR count). The van der Waals surface area contributed by atoms with Crippen LogP contribution in [-0.2, 0) is 6.61 Å². The van der Waals surface area contributed by atoms with Crippen LogP contribution in [0.5, 0.6) is 5.75 Å². The Morgan fingerprint density at radius 2 is 1.59 bits per heavy atom. The summed E-state index contributed by atoms with van der Waals surface area (Å²) in [6.45, 7) is 0.110. The second-order valence-electron chi connectivity index (χ2n) is 3.43. The fourth-order valence-electron chi connectivity index (χ4n) is 1.39. The van der Waals surface area contributed by atoms with Crippen LogP contribution in [0, 0.1) is 11.6 Å². The van der Waals surface area contributed by atoms with Gasteiger partial charge in [0.05, 0.1) is 0 Å². The molecule has 0 amide bonds. The molecule has 0 N–H and O–H groups in total. The number of ether oxygens (including phenoxy) is 1. The Balaban J connectivity index is 2.16. The third-order valence-electron chi connectivity index (χ3n) is 2.25. The molecule has 0 atom stereocenters. The summed E-state index contributed by atoms with van der Waals surface area (Å²) in [5, 5.41) is 0. The predicted octanol–water partition coefficient (Wildman–Crippen LogP) is 4.31. The zero-order valence-corrected chi connectivity index (χ0v) is 10.4. The summed E-state index contributed by atoms with van der Waals surface area (Å²) in [6, 6.07) is 11.0. The maximum Gasteiger partial charge on any atom is 0.191 e. The van der Waals surface area contributed by atoms with Gasteiger partial charge in [0.2, 0.25) is 0 Å². The molecule has 0 fully saturated rings. The van der Waals surface area contributed by atoms with Crippen molar-refractivity contribution in [3.63, 3.8) is 0 Å². The SMILES string of the molecule is Fc1cccc(F)c1OCc1ccccc1Br. The van der Waals surface area contributed by atoms with Crippen molar-refractivity contribution < 1.29 is 13.5 Å². The van der Waals surface area contributed by atoms with Gasteiger partial charge in [-0.25, -0.2) is 8.78 Å². The number of rotatable bonds is 3. The van der Waals surface area contributed by atoms with Crippen LogP contribution in [-0.4, -0.2) is 0 Å². The first-order chi connectivity index (χ1) is 8.18. The first-order valence-electron chi connectivity index (χ1n) is 4.98. The largest absolute Gasteiger partial charge is 0.483 e. The Labute approximate surface area is 106 Å². The molecule has 0 radical (unpaired) electrons. The zero-order valence-electron chi connectivity index (χ0n) is 8.79. The smallest absolute Gasteiger partial charge is 0.191 e. The summed E-state index contributed by atoms with van der Waals surface area (Å²) in [5.41, 5.74) is 0.829. The number of hydrogen-bond donors (Lipinski definition) is 0. The highest BCUT2D eigenvalue weighted by Gasteiger charge is 2.10. The molecule has 0 aliphatic heterocycles. The molecule has 1 nitrogen and oxygen atoms in total. The first-order valence-corrected chi connectivity index (χ1v) is 5.78. The molecule has 2 aromatic rings. The number of benzene rings is 2. The Morgan fingerprint density at radius 3 is 2.24 bits per heavy atom.